The number of hydrogen-bond acceptors (Lipinski definition) is 4. The normalized spacial score (nSPS) is 20.7. The Morgan fingerprint density at radius 1 is 1.06 bits per heavy atom. The first kappa shape index (κ1) is 23.7. The molecule has 1 unspecified atom stereocenters. The molecule has 0 bridgehead atoms. The lowest BCUT2D eigenvalue weighted by atomic mass is 9.80. The Labute approximate surface area is 196 Å². The minimum atomic E-state index is -4.49. The molecule has 0 saturated heterocycles. The van der Waals surface area contributed by atoms with Crippen LogP contribution in [0.4, 0.5) is 35.2 Å². The van der Waals surface area contributed by atoms with E-state index in [1.54, 1.807) is 36.4 Å². The molecule has 1 fully saturated rings. The van der Waals surface area contributed by atoms with E-state index in [2.05, 4.69) is 10.3 Å². The second-order valence-electron chi connectivity index (χ2n) is 8.79. The van der Waals surface area contributed by atoms with Gasteiger partial charge in [-0.3, -0.25) is 4.90 Å². The number of alkyl halides is 3. The fourth-order valence-electron chi connectivity index (χ4n) is 4.77. The first-order chi connectivity index (χ1) is 16.1. The number of para-hydroxylation sites is 2. The van der Waals surface area contributed by atoms with Gasteiger partial charge < -0.3 is 15.3 Å². The van der Waals surface area contributed by atoms with Gasteiger partial charge in [0.1, 0.15) is 5.82 Å². The van der Waals surface area contributed by atoms with Gasteiger partial charge in [-0.15, -0.1) is 0 Å². The van der Waals surface area contributed by atoms with Crippen LogP contribution in [-0.4, -0.2) is 48.5 Å². The molecule has 6 nitrogen and oxygen atoms in total. The Balaban J connectivity index is 1.62. The quantitative estimate of drug-likeness (QED) is 0.477. The first-order valence-corrected chi connectivity index (χ1v) is 11.1. The van der Waals surface area contributed by atoms with Crippen molar-refractivity contribution in [2.24, 2.45) is 5.92 Å². The van der Waals surface area contributed by atoms with Crippen LogP contribution < -0.4 is 15.1 Å². The third kappa shape index (κ3) is 4.88. The molecule has 3 aromatic rings. The minimum Gasteiger partial charge on any atom is -0.465 e. The van der Waals surface area contributed by atoms with Crippen molar-refractivity contribution in [2.45, 2.75) is 37.5 Å². The smallest absolute Gasteiger partial charge is 0.412 e. The number of carbonyl (C=O) groups is 1. The van der Waals surface area contributed by atoms with Crippen molar-refractivity contribution < 1.29 is 23.1 Å². The highest BCUT2D eigenvalue weighted by Crippen LogP contribution is 2.42. The van der Waals surface area contributed by atoms with Crippen LogP contribution in [-0.2, 0) is 0 Å². The van der Waals surface area contributed by atoms with Crippen LogP contribution in [0.2, 0.25) is 0 Å². The number of nitrogens with zero attached hydrogens (tertiary/aromatic N) is 3. The second kappa shape index (κ2) is 9.40. The van der Waals surface area contributed by atoms with E-state index in [9.17, 15) is 23.1 Å². The third-order valence-electron chi connectivity index (χ3n) is 6.36. The van der Waals surface area contributed by atoms with Crippen LogP contribution in [0.3, 0.4) is 0 Å². The van der Waals surface area contributed by atoms with Gasteiger partial charge in [-0.1, -0.05) is 36.4 Å². The Bertz CT molecular complexity index is 1150. The summed E-state index contributed by atoms with van der Waals surface area (Å²) in [6.07, 6.45) is -5.60. The van der Waals surface area contributed by atoms with E-state index < -0.39 is 30.3 Å². The number of aromatic nitrogens is 1. The standard InChI is InChI=1S/C25H27F3N4O2/c1-31(2)22-15-23(29-20-11-7-6-10-18(20)22)30-21-13-12-17(14-19(21)25(26,27)28)32(24(33)34)16-8-4-3-5-9-16/h3-11,15,17,19,21H,12-14H2,1-2H3,(H,29,30)(H,33,34)/t17-,19-,21?/m1/s1. The molecule has 0 aliphatic heterocycles. The van der Waals surface area contributed by atoms with E-state index in [0.717, 1.165) is 16.0 Å². The summed E-state index contributed by atoms with van der Waals surface area (Å²) in [6.45, 7) is 0. The molecule has 0 radical (unpaired) electrons. The molecule has 1 aliphatic rings. The van der Waals surface area contributed by atoms with Crippen LogP contribution in [0.5, 0.6) is 0 Å². The van der Waals surface area contributed by atoms with Crippen LogP contribution >= 0.6 is 0 Å². The van der Waals surface area contributed by atoms with E-state index in [0.29, 0.717) is 23.4 Å². The van der Waals surface area contributed by atoms with Gasteiger partial charge in [0.05, 0.1) is 11.4 Å². The number of nitrogens with one attached hydrogen (secondary N) is 1. The zero-order chi connectivity index (χ0) is 24.5. The molecular weight excluding hydrogens is 445 g/mol. The summed E-state index contributed by atoms with van der Waals surface area (Å²) in [6, 6.07) is 15.9. The molecule has 1 saturated carbocycles. The summed E-state index contributed by atoms with van der Waals surface area (Å²) in [5.41, 5.74) is 1.92. The lowest BCUT2D eigenvalue weighted by molar-refractivity contribution is -0.185. The Morgan fingerprint density at radius 2 is 1.74 bits per heavy atom. The van der Waals surface area contributed by atoms with Crippen molar-refractivity contribution >= 4 is 34.2 Å². The Hall–Kier alpha value is -3.49. The maximum absolute atomic E-state index is 14.2. The van der Waals surface area contributed by atoms with E-state index >= 15 is 0 Å². The highest BCUT2D eigenvalue weighted by Gasteiger charge is 2.49. The Kier molecular flexibility index (Phi) is 6.54. The van der Waals surface area contributed by atoms with Gasteiger partial charge in [-0.25, -0.2) is 9.78 Å². The lowest BCUT2D eigenvalue weighted by Crippen LogP contribution is -2.51. The van der Waals surface area contributed by atoms with Crippen molar-refractivity contribution in [2.75, 3.05) is 29.2 Å². The highest BCUT2D eigenvalue weighted by atomic mass is 19.4. The molecule has 3 atom stereocenters. The first-order valence-electron chi connectivity index (χ1n) is 11.1. The molecule has 2 N–H and O–H groups in total. The van der Waals surface area contributed by atoms with Crippen LogP contribution in [0.15, 0.2) is 60.7 Å². The van der Waals surface area contributed by atoms with Gasteiger partial charge in [0.15, 0.2) is 0 Å². The fraction of sp³-hybridized carbons (Fsp3) is 0.360. The van der Waals surface area contributed by atoms with Crippen molar-refractivity contribution in [3.8, 4) is 0 Å². The van der Waals surface area contributed by atoms with Gasteiger partial charge in [0.2, 0.25) is 0 Å². The van der Waals surface area contributed by atoms with Crippen molar-refractivity contribution in [1.29, 1.82) is 0 Å². The predicted molar refractivity (Wildman–Crippen MR) is 128 cm³/mol. The average molecular weight is 473 g/mol. The Morgan fingerprint density at radius 3 is 2.38 bits per heavy atom. The summed E-state index contributed by atoms with van der Waals surface area (Å²) in [7, 11) is 3.75. The summed E-state index contributed by atoms with van der Waals surface area (Å²) in [5, 5.41) is 13.7. The van der Waals surface area contributed by atoms with Gasteiger partial charge >= 0.3 is 12.3 Å². The lowest BCUT2D eigenvalue weighted by Gasteiger charge is -2.41. The topological polar surface area (TPSA) is 68.7 Å². The molecular formula is C25H27F3N4O2. The minimum absolute atomic E-state index is 0.164. The number of pyridine rings is 1. The molecule has 9 heteroatoms. The molecule has 1 heterocycles. The van der Waals surface area contributed by atoms with E-state index in [-0.39, 0.29) is 12.8 Å². The van der Waals surface area contributed by atoms with Crippen molar-refractivity contribution in [1.82, 2.24) is 4.98 Å². The molecule has 1 aliphatic carbocycles. The largest absolute Gasteiger partial charge is 0.465 e. The van der Waals surface area contributed by atoms with E-state index in [1.807, 2.05) is 43.3 Å². The van der Waals surface area contributed by atoms with Crippen LogP contribution in [0.25, 0.3) is 10.9 Å². The number of anilines is 3. The monoisotopic (exact) mass is 472 g/mol. The molecule has 1 amide bonds. The van der Waals surface area contributed by atoms with Crippen molar-refractivity contribution in [3.63, 3.8) is 0 Å². The summed E-state index contributed by atoms with van der Waals surface area (Å²) < 4.78 is 42.5. The number of carboxylic acid groups (broad SMARTS) is 1. The zero-order valence-electron chi connectivity index (χ0n) is 19.0. The molecule has 0 spiro atoms. The number of rotatable bonds is 5. The number of amides is 1. The van der Waals surface area contributed by atoms with Gasteiger partial charge in [-0.2, -0.15) is 13.2 Å². The predicted octanol–water partition coefficient (Wildman–Crippen LogP) is 6.00. The molecule has 4 rings (SSSR count). The summed E-state index contributed by atoms with van der Waals surface area (Å²) in [4.78, 5) is 19.5. The molecule has 34 heavy (non-hydrogen) atoms. The van der Waals surface area contributed by atoms with Gasteiger partial charge in [0.25, 0.3) is 0 Å². The number of fused-ring (bicyclic) bond motifs is 1. The SMILES string of the molecule is CN(C)c1cc(NC2CC[C@@H](N(C(=O)O)c3ccccc3)C[C@H]2C(F)(F)F)nc2ccccc12. The number of halogens is 3. The van der Waals surface area contributed by atoms with Crippen LogP contribution in [0, 0.1) is 5.92 Å². The van der Waals surface area contributed by atoms with Crippen LogP contribution in [0.1, 0.15) is 19.3 Å². The van der Waals surface area contributed by atoms with Gasteiger partial charge in [0, 0.05) is 49.0 Å². The molecule has 1 aromatic heterocycles. The summed E-state index contributed by atoms with van der Waals surface area (Å²) in [5.74, 6) is -1.34. The summed E-state index contributed by atoms with van der Waals surface area (Å²) >= 11 is 0. The maximum Gasteiger partial charge on any atom is 0.412 e. The fourth-order valence-corrected chi connectivity index (χ4v) is 4.77. The van der Waals surface area contributed by atoms with E-state index in [4.69, 9.17) is 0 Å². The molecule has 180 valence electrons. The zero-order valence-corrected chi connectivity index (χ0v) is 19.0. The van der Waals surface area contributed by atoms with E-state index in [1.165, 1.54) is 0 Å². The number of benzene rings is 2. The second-order valence-corrected chi connectivity index (χ2v) is 8.79. The number of hydrogen-bond donors (Lipinski definition) is 2. The third-order valence-corrected chi connectivity index (χ3v) is 6.36. The van der Waals surface area contributed by atoms with Gasteiger partial charge in [-0.05, 0) is 37.5 Å². The highest BCUT2D eigenvalue weighted by molar-refractivity contribution is 5.93. The average Bonchev–Trinajstić information content (AvgIpc) is 2.79. The van der Waals surface area contributed by atoms with Crippen molar-refractivity contribution in [3.05, 3.63) is 60.7 Å². The maximum atomic E-state index is 14.2. The molecule has 2 aromatic carbocycles.